The Bertz CT molecular complexity index is 368. The molecule has 188 valence electrons. The van der Waals surface area contributed by atoms with Crippen LogP contribution in [-0.4, -0.2) is 41.1 Å². The van der Waals surface area contributed by atoms with Crippen molar-refractivity contribution < 1.29 is 18.5 Å². The van der Waals surface area contributed by atoms with E-state index in [1.807, 2.05) is 23.5 Å². The molecule has 1 N–H and O–H groups in total. The van der Waals surface area contributed by atoms with E-state index in [-0.39, 0.29) is 0 Å². The quantitative estimate of drug-likeness (QED) is 0.0949. The lowest BCUT2D eigenvalue weighted by Gasteiger charge is -2.12. The van der Waals surface area contributed by atoms with Gasteiger partial charge in [-0.05, 0) is 61.5 Å². The molecule has 0 aliphatic heterocycles. The first-order valence-corrected chi connectivity index (χ1v) is 16.7. The number of hydrogen-bond acceptors (Lipinski definition) is 5. The molecular weight excluding hydrogens is 447 g/mol. The summed E-state index contributed by atoms with van der Waals surface area (Å²) >= 11 is 3.97. The van der Waals surface area contributed by atoms with Crippen LogP contribution in [0.3, 0.4) is 0 Å². The first kappa shape index (κ1) is 31.8. The molecule has 31 heavy (non-hydrogen) atoms. The van der Waals surface area contributed by atoms with Crippen molar-refractivity contribution in [1.29, 1.82) is 0 Å². The topological polar surface area (TPSA) is 55.8 Å². The second kappa shape index (κ2) is 25.4. The third-order valence-corrected chi connectivity index (χ3v) is 8.49. The van der Waals surface area contributed by atoms with E-state index in [2.05, 4.69) is 13.8 Å². The Kier molecular flexibility index (Phi) is 26.1. The zero-order valence-electron chi connectivity index (χ0n) is 20.5. The van der Waals surface area contributed by atoms with Crippen LogP contribution in [0.4, 0.5) is 0 Å². The summed E-state index contributed by atoms with van der Waals surface area (Å²) in [5.41, 5.74) is 0. The molecule has 0 aromatic carbocycles. The molecule has 0 spiro atoms. The first-order chi connectivity index (χ1) is 15.1. The summed E-state index contributed by atoms with van der Waals surface area (Å²) < 4.78 is 22.1. The fourth-order valence-corrected chi connectivity index (χ4v) is 6.02. The van der Waals surface area contributed by atoms with E-state index in [0.29, 0.717) is 13.2 Å². The lowest BCUT2D eigenvalue weighted by Crippen LogP contribution is -2.00. The molecule has 7 heteroatoms. The van der Waals surface area contributed by atoms with E-state index in [9.17, 15) is 9.46 Å². The minimum atomic E-state index is -3.87. The van der Waals surface area contributed by atoms with Gasteiger partial charge in [0.25, 0.3) is 0 Å². The van der Waals surface area contributed by atoms with Gasteiger partial charge < -0.3 is 4.89 Å². The summed E-state index contributed by atoms with van der Waals surface area (Å²) in [5.74, 6) is 4.66. The SMILES string of the molecule is CCCCCCCCSCCCCOP(=O)(O)OCCCCSCCCCCCCC. The van der Waals surface area contributed by atoms with Crippen molar-refractivity contribution >= 4 is 31.3 Å². The van der Waals surface area contributed by atoms with E-state index in [4.69, 9.17) is 9.05 Å². The molecule has 0 atom stereocenters. The Balaban J connectivity index is 3.30. The zero-order chi connectivity index (χ0) is 22.9. The average molecular weight is 499 g/mol. The van der Waals surface area contributed by atoms with Gasteiger partial charge in [-0.15, -0.1) is 0 Å². The highest BCUT2D eigenvalue weighted by molar-refractivity contribution is 7.99. The van der Waals surface area contributed by atoms with Gasteiger partial charge in [0.15, 0.2) is 0 Å². The minimum Gasteiger partial charge on any atom is -0.302 e. The Morgan fingerprint density at radius 3 is 1.26 bits per heavy atom. The highest BCUT2D eigenvalue weighted by atomic mass is 32.2. The molecule has 0 fully saturated rings. The summed E-state index contributed by atoms with van der Waals surface area (Å²) in [5, 5.41) is 0. The van der Waals surface area contributed by atoms with Gasteiger partial charge in [0.2, 0.25) is 0 Å². The molecule has 0 bridgehead atoms. The molecule has 0 aromatic heterocycles. The van der Waals surface area contributed by atoms with Crippen LogP contribution in [0, 0.1) is 0 Å². The molecule has 0 aromatic rings. The molecule has 0 amide bonds. The van der Waals surface area contributed by atoms with E-state index in [1.54, 1.807) is 0 Å². The Hall–Kier alpha value is 0.810. The lowest BCUT2D eigenvalue weighted by molar-refractivity contribution is 0.146. The van der Waals surface area contributed by atoms with Gasteiger partial charge in [-0.1, -0.05) is 78.1 Å². The zero-order valence-corrected chi connectivity index (χ0v) is 23.0. The number of phosphoric acid groups is 1. The fourth-order valence-electron chi connectivity index (χ4n) is 3.18. The van der Waals surface area contributed by atoms with Crippen molar-refractivity contribution in [2.75, 3.05) is 36.2 Å². The fraction of sp³-hybridized carbons (Fsp3) is 1.00. The third-order valence-electron chi connectivity index (χ3n) is 5.16. The summed E-state index contributed by atoms with van der Waals surface area (Å²) in [6.45, 7) is 5.11. The molecule has 0 saturated carbocycles. The van der Waals surface area contributed by atoms with Gasteiger partial charge in [-0.25, -0.2) is 4.57 Å². The average Bonchev–Trinajstić information content (AvgIpc) is 2.75. The summed E-state index contributed by atoms with van der Waals surface area (Å²) in [7, 11) is -3.87. The van der Waals surface area contributed by atoms with Crippen LogP contribution in [0.5, 0.6) is 0 Å². The van der Waals surface area contributed by atoms with Gasteiger partial charge >= 0.3 is 7.82 Å². The maximum atomic E-state index is 11.9. The van der Waals surface area contributed by atoms with Crippen LogP contribution in [0.25, 0.3) is 0 Å². The molecule has 0 heterocycles. The van der Waals surface area contributed by atoms with Gasteiger partial charge in [0.1, 0.15) is 0 Å². The monoisotopic (exact) mass is 498 g/mol. The van der Waals surface area contributed by atoms with Gasteiger partial charge in [0, 0.05) is 0 Å². The van der Waals surface area contributed by atoms with Gasteiger partial charge in [-0.3, -0.25) is 9.05 Å². The van der Waals surface area contributed by atoms with Crippen molar-refractivity contribution in [3.05, 3.63) is 0 Å². The Morgan fingerprint density at radius 2 is 0.871 bits per heavy atom. The molecule has 0 saturated heterocycles. The largest absolute Gasteiger partial charge is 0.472 e. The second-order valence-electron chi connectivity index (χ2n) is 8.31. The normalized spacial score (nSPS) is 12.0. The van der Waals surface area contributed by atoms with Gasteiger partial charge in [-0.2, -0.15) is 23.5 Å². The van der Waals surface area contributed by atoms with Crippen molar-refractivity contribution in [3.63, 3.8) is 0 Å². The maximum Gasteiger partial charge on any atom is 0.472 e. The number of unbranched alkanes of at least 4 members (excludes halogenated alkanes) is 12. The van der Waals surface area contributed by atoms with Crippen molar-refractivity contribution in [3.8, 4) is 0 Å². The van der Waals surface area contributed by atoms with Crippen LogP contribution in [0.2, 0.25) is 0 Å². The van der Waals surface area contributed by atoms with Crippen LogP contribution in [0.1, 0.15) is 117 Å². The van der Waals surface area contributed by atoms with E-state index >= 15 is 0 Å². The molecule has 0 aliphatic rings. The molecule has 0 aliphatic carbocycles. The highest BCUT2D eigenvalue weighted by Crippen LogP contribution is 2.43. The summed E-state index contributed by atoms with van der Waals surface area (Å²) in [6.07, 6.45) is 19.8. The highest BCUT2D eigenvalue weighted by Gasteiger charge is 2.19. The maximum absolute atomic E-state index is 11.9. The van der Waals surface area contributed by atoms with E-state index in [0.717, 1.165) is 37.2 Å². The van der Waals surface area contributed by atoms with Gasteiger partial charge in [0.05, 0.1) is 13.2 Å². The van der Waals surface area contributed by atoms with Crippen LogP contribution >= 0.6 is 31.3 Å². The predicted molar refractivity (Wildman–Crippen MR) is 142 cm³/mol. The van der Waals surface area contributed by atoms with Crippen LogP contribution in [-0.2, 0) is 13.6 Å². The predicted octanol–water partition coefficient (Wildman–Crippen LogP) is 8.87. The summed E-state index contributed by atoms with van der Waals surface area (Å²) in [6, 6.07) is 0. The number of phosphoric ester groups is 1. The molecule has 0 rings (SSSR count). The van der Waals surface area contributed by atoms with Crippen LogP contribution in [0.15, 0.2) is 0 Å². The van der Waals surface area contributed by atoms with Crippen molar-refractivity contribution in [1.82, 2.24) is 0 Å². The Labute approximate surface area is 202 Å². The molecule has 0 unspecified atom stereocenters. The third kappa shape index (κ3) is 26.9. The molecule has 4 nitrogen and oxygen atoms in total. The summed E-state index contributed by atoms with van der Waals surface area (Å²) in [4.78, 5) is 9.74. The van der Waals surface area contributed by atoms with Crippen molar-refractivity contribution in [2.24, 2.45) is 0 Å². The smallest absolute Gasteiger partial charge is 0.302 e. The number of rotatable bonds is 26. The Morgan fingerprint density at radius 1 is 0.548 bits per heavy atom. The standard InChI is InChI=1S/C24H51O4PS2/c1-3-5-7-9-11-15-21-30-23-17-13-19-27-29(25,26)28-20-14-18-24-31-22-16-12-10-8-6-4-2/h3-24H2,1-2H3,(H,25,26). The van der Waals surface area contributed by atoms with Crippen LogP contribution < -0.4 is 0 Å². The van der Waals surface area contributed by atoms with Crippen molar-refractivity contribution in [2.45, 2.75) is 117 Å². The molecular formula is C24H51O4PS2. The lowest BCUT2D eigenvalue weighted by atomic mass is 10.1. The number of hydrogen-bond donors (Lipinski definition) is 1. The van der Waals surface area contributed by atoms with E-state index < -0.39 is 7.82 Å². The molecule has 0 radical (unpaired) electrons. The first-order valence-electron chi connectivity index (χ1n) is 12.9. The minimum absolute atomic E-state index is 0.305. The second-order valence-corrected chi connectivity index (χ2v) is 12.2. The number of thioether (sulfide) groups is 2. The van der Waals surface area contributed by atoms with E-state index in [1.165, 1.54) is 88.6 Å².